The van der Waals surface area contributed by atoms with Gasteiger partial charge in [0, 0.05) is 23.7 Å². The van der Waals surface area contributed by atoms with Crippen molar-refractivity contribution >= 4 is 40.5 Å². The Morgan fingerprint density at radius 2 is 2.07 bits per heavy atom. The van der Waals surface area contributed by atoms with Crippen LogP contribution >= 0.6 is 11.6 Å². The number of benzene rings is 2. The van der Waals surface area contributed by atoms with Gasteiger partial charge >= 0.3 is 0 Å². The van der Waals surface area contributed by atoms with Gasteiger partial charge in [0.05, 0.1) is 24.0 Å². The molecule has 2 aromatic carbocycles. The van der Waals surface area contributed by atoms with E-state index in [0.29, 0.717) is 16.5 Å². The summed E-state index contributed by atoms with van der Waals surface area (Å²) in [4.78, 5) is 37.2. The third-order valence-electron chi connectivity index (χ3n) is 4.62. The summed E-state index contributed by atoms with van der Waals surface area (Å²) in [5.74, 6) is -0.982. The van der Waals surface area contributed by atoms with Crippen molar-refractivity contribution < 1.29 is 19.2 Å². The fraction of sp³-hybridized carbons (Fsp3) is 0.263. The van der Waals surface area contributed by atoms with Crippen molar-refractivity contribution in [2.45, 2.75) is 13.3 Å². The summed E-state index contributed by atoms with van der Waals surface area (Å²) in [6, 6.07) is 9.42. The quantitative estimate of drug-likeness (QED) is 0.607. The number of aryl methyl sites for hydroxylation is 1. The number of amides is 2. The van der Waals surface area contributed by atoms with Gasteiger partial charge in [-0.15, -0.1) is 0 Å². The average Bonchev–Trinajstić information content (AvgIpc) is 3.06. The lowest BCUT2D eigenvalue weighted by atomic mass is 10.1. The van der Waals surface area contributed by atoms with Crippen LogP contribution in [0.2, 0.25) is 5.02 Å². The maximum Gasteiger partial charge on any atom is 0.296 e. The van der Waals surface area contributed by atoms with E-state index in [0.717, 1.165) is 5.56 Å². The van der Waals surface area contributed by atoms with Crippen LogP contribution in [-0.4, -0.2) is 30.4 Å². The molecule has 0 radical (unpaired) electrons. The van der Waals surface area contributed by atoms with Crippen LogP contribution in [0.25, 0.3) is 0 Å². The Morgan fingerprint density at radius 1 is 1.32 bits per heavy atom. The summed E-state index contributed by atoms with van der Waals surface area (Å²) in [5.41, 5.74) is 1.28. The van der Waals surface area contributed by atoms with Gasteiger partial charge in [-0.25, -0.2) is 0 Å². The van der Waals surface area contributed by atoms with Crippen molar-refractivity contribution in [3.05, 3.63) is 57.1 Å². The molecule has 9 heteroatoms. The second-order valence-electron chi connectivity index (χ2n) is 6.47. The number of carbonyl (C=O) groups is 2. The molecule has 0 bridgehead atoms. The van der Waals surface area contributed by atoms with Crippen molar-refractivity contribution in [2.75, 3.05) is 23.9 Å². The number of rotatable bonds is 5. The highest BCUT2D eigenvalue weighted by Crippen LogP contribution is 2.32. The van der Waals surface area contributed by atoms with Crippen LogP contribution in [0.1, 0.15) is 12.0 Å². The third kappa shape index (κ3) is 3.91. The monoisotopic (exact) mass is 403 g/mol. The molecule has 1 saturated heterocycles. The molecule has 1 aliphatic heterocycles. The number of hydrogen-bond acceptors (Lipinski definition) is 5. The first kappa shape index (κ1) is 19.6. The van der Waals surface area contributed by atoms with E-state index in [9.17, 15) is 19.7 Å². The van der Waals surface area contributed by atoms with Gasteiger partial charge in [0.1, 0.15) is 11.4 Å². The number of ether oxygens (including phenoxy) is 1. The minimum absolute atomic E-state index is 0.0152. The Morgan fingerprint density at radius 3 is 2.71 bits per heavy atom. The Kier molecular flexibility index (Phi) is 5.51. The van der Waals surface area contributed by atoms with Gasteiger partial charge in [-0.3, -0.25) is 19.7 Å². The molecule has 0 spiro atoms. The summed E-state index contributed by atoms with van der Waals surface area (Å²) < 4.78 is 4.98. The molecule has 2 aromatic rings. The van der Waals surface area contributed by atoms with E-state index in [1.165, 1.54) is 30.2 Å². The molecule has 146 valence electrons. The van der Waals surface area contributed by atoms with Gasteiger partial charge in [0.25, 0.3) is 5.69 Å². The largest absolute Gasteiger partial charge is 0.496 e. The van der Waals surface area contributed by atoms with E-state index >= 15 is 0 Å². The number of halogens is 1. The van der Waals surface area contributed by atoms with Crippen LogP contribution in [-0.2, 0) is 9.59 Å². The predicted molar refractivity (Wildman–Crippen MR) is 105 cm³/mol. The molecule has 1 atom stereocenters. The van der Waals surface area contributed by atoms with Crippen molar-refractivity contribution in [1.82, 2.24) is 0 Å². The van der Waals surface area contributed by atoms with Crippen LogP contribution in [0, 0.1) is 23.0 Å². The Balaban J connectivity index is 1.76. The number of nitrogens with zero attached hydrogens (tertiary/aromatic N) is 2. The van der Waals surface area contributed by atoms with E-state index in [-0.39, 0.29) is 30.2 Å². The lowest BCUT2D eigenvalue weighted by molar-refractivity contribution is -0.384. The zero-order chi connectivity index (χ0) is 20.4. The van der Waals surface area contributed by atoms with Crippen LogP contribution in [0.4, 0.5) is 17.1 Å². The smallest absolute Gasteiger partial charge is 0.296 e. The SMILES string of the molecule is COc1ccc(NC(=O)C2CC(=O)N(c3ccc(C)c(Cl)c3)C2)c([N+](=O)[O-])c1. The minimum Gasteiger partial charge on any atom is -0.496 e. The van der Waals surface area contributed by atoms with E-state index in [1.807, 2.05) is 6.92 Å². The number of anilines is 2. The highest BCUT2D eigenvalue weighted by atomic mass is 35.5. The molecule has 0 aromatic heterocycles. The highest BCUT2D eigenvalue weighted by Gasteiger charge is 2.36. The molecular formula is C19H18ClN3O5. The topological polar surface area (TPSA) is 102 Å². The van der Waals surface area contributed by atoms with Crippen LogP contribution in [0.15, 0.2) is 36.4 Å². The lowest BCUT2D eigenvalue weighted by Crippen LogP contribution is -2.28. The van der Waals surface area contributed by atoms with Gasteiger partial charge in [0.2, 0.25) is 11.8 Å². The fourth-order valence-electron chi connectivity index (χ4n) is 3.01. The van der Waals surface area contributed by atoms with Crippen molar-refractivity contribution in [2.24, 2.45) is 5.92 Å². The molecule has 2 amide bonds. The predicted octanol–water partition coefficient (Wildman–Crippen LogP) is 3.56. The lowest BCUT2D eigenvalue weighted by Gasteiger charge is -2.17. The summed E-state index contributed by atoms with van der Waals surface area (Å²) >= 11 is 6.13. The zero-order valence-corrected chi connectivity index (χ0v) is 16.0. The Labute approximate surface area is 166 Å². The number of nitro benzene ring substituents is 1. The highest BCUT2D eigenvalue weighted by molar-refractivity contribution is 6.31. The maximum absolute atomic E-state index is 12.6. The first-order valence-electron chi connectivity index (χ1n) is 8.50. The van der Waals surface area contributed by atoms with E-state index in [1.54, 1.807) is 18.2 Å². The first-order valence-corrected chi connectivity index (χ1v) is 8.87. The van der Waals surface area contributed by atoms with Crippen molar-refractivity contribution in [3.8, 4) is 5.75 Å². The van der Waals surface area contributed by atoms with Crippen LogP contribution < -0.4 is 15.0 Å². The number of methoxy groups -OCH3 is 1. The summed E-state index contributed by atoms with van der Waals surface area (Å²) in [7, 11) is 1.40. The standard InChI is InChI=1S/C19H18ClN3O5/c1-11-3-4-13(8-15(11)20)22-10-12(7-18(22)24)19(25)21-16-6-5-14(28-2)9-17(16)23(26)27/h3-6,8-9,12H,7,10H2,1-2H3,(H,21,25). The fourth-order valence-corrected chi connectivity index (χ4v) is 3.19. The molecule has 0 saturated carbocycles. The third-order valence-corrected chi connectivity index (χ3v) is 5.03. The van der Waals surface area contributed by atoms with Gasteiger partial charge in [-0.05, 0) is 36.8 Å². The van der Waals surface area contributed by atoms with Gasteiger partial charge in [-0.2, -0.15) is 0 Å². The summed E-state index contributed by atoms with van der Waals surface area (Å²) in [5, 5.41) is 14.4. The van der Waals surface area contributed by atoms with Crippen molar-refractivity contribution in [1.29, 1.82) is 0 Å². The zero-order valence-electron chi connectivity index (χ0n) is 15.3. The van der Waals surface area contributed by atoms with E-state index in [2.05, 4.69) is 5.32 Å². The molecule has 8 nitrogen and oxygen atoms in total. The second-order valence-corrected chi connectivity index (χ2v) is 6.88. The first-order chi connectivity index (χ1) is 13.3. The molecular weight excluding hydrogens is 386 g/mol. The molecule has 1 fully saturated rings. The average molecular weight is 404 g/mol. The molecule has 3 rings (SSSR count). The second kappa shape index (κ2) is 7.85. The summed E-state index contributed by atoms with van der Waals surface area (Å²) in [6.07, 6.45) is 0.0152. The van der Waals surface area contributed by atoms with Gasteiger partial charge in [-0.1, -0.05) is 17.7 Å². The van der Waals surface area contributed by atoms with Crippen molar-refractivity contribution in [3.63, 3.8) is 0 Å². The maximum atomic E-state index is 12.6. The number of nitro groups is 1. The van der Waals surface area contributed by atoms with Gasteiger partial charge < -0.3 is 15.0 Å². The van der Waals surface area contributed by atoms with E-state index in [4.69, 9.17) is 16.3 Å². The molecule has 1 unspecified atom stereocenters. The minimum atomic E-state index is -0.630. The Bertz CT molecular complexity index is 963. The molecule has 1 aliphatic rings. The summed E-state index contributed by atoms with van der Waals surface area (Å²) in [6.45, 7) is 2.03. The molecule has 0 aliphatic carbocycles. The normalized spacial score (nSPS) is 16.2. The molecule has 1 heterocycles. The Hall–Kier alpha value is -3.13. The number of carbonyl (C=O) groups excluding carboxylic acids is 2. The van der Waals surface area contributed by atoms with Crippen LogP contribution in [0.3, 0.4) is 0 Å². The van der Waals surface area contributed by atoms with Crippen LogP contribution in [0.5, 0.6) is 5.75 Å². The molecule has 1 N–H and O–H groups in total. The molecule has 28 heavy (non-hydrogen) atoms. The number of hydrogen-bond donors (Lipinski definition) is 1. The van der Waals surface area contributed by atoms with Gasteiger partial charge in [0.15, 0.2) is 0 Å². The van der Waals surface area contributed by atoms with E-state index < -0.39 is 16.7 Å². The number of nitrogens with one attached hydrogen (secondary N) is 1.